The van der Waals surface area contributed by atoms with Crippen LogP contribution in [0.25, 0.3) is 0 Å². The molecular formula is C19H38N4. The SMILES string of the molecule is CC[C@H]1CC(N)C(C)C[C@H]1N1CCC(N2CCN(C)CC2)CC1. The van der Waals surface area contributed by atoms with E-state index in [1.54, 1.807) is 0 Å². The Kier molecular flexibility index (Phi) is 6.00. The van der Waals surface area contributed by atoms with Crippen LogP contribution in [0.5, 0.6) is 0 Å². The van der Waals surface area contributed by atoms with Gasteiger partial charge in [-0.25, -0.2) is 0 Å². The summed E-state index contributed by atoms with van der Waals surface area (Å²) < 4.78 is 0. The molecule has 3 aliphatic rings. The molecule has 2 N–H and O–H groups in total. The maximum Gasteiger partial charge on any atom is 0.0127 e. The molecule has 0 aromatic carbocycles. The number of rotatable bonds is 3. The van der Waals surface area contributed by atoms with E-state index in [1.165, 1.54) is 71.4 Å². The fraction of sp³-hybridized carbons (Fsp3) is 1.00. The first-order chi connectivity index (χ1) is 11.1. The molecule has 4 atom stereocenters. The van der Waals surface area contributed by atoms with Crippen molar-refractivity contribution in [2.75, 3.05) is 46.3 Å². The Balaban J connectivity index is 1.51. The van der Waals surface area contributed by atoms with Crippen LogP contribution in [-0.2, 0) is 0 Å². The van der Waals surface area contributed by atoms with E-state index in [4.69, 9.17) is 5.73 Å². The smallest absolute Gasteiger partial charge is 0.0127 e. The predicted octanol–water partition coefficient (Wildman–Crippen LogP) is 1.85. The molecule has 0 aromatic rings. The largest absolute Gasteiger partial charge is 0.327 e. The van der Waals surface area contributed by atoms with Crippen molar-refractivity contribution in [3.05, 3.63) is 0 Å². The average Bonchev–Trinajstić information content (AvgIpc) is 2.58. The molecule has 23 heavy (non-hydrogen) atoms. The number of nitrogens with two attached hydrogens (primary N) is 1. The molecule has 4 heteroatoms. The molecule has 1 saturated carbocycles. The molecule has 134 valence electrons. The quantitative estimate of drug-likeness (QED) is 0.860. The normalized spacial score (nSPS) is 39.7. The van der Waals surface area contributed by atoms with Gasteiger partial charge in [0.25, 0.3) is 0 Å². The minimum Gasteiger partial charge on any atom is -0.327 e. The summed E-state index contributed by atoms with van der Waals surface area (Å²) >= 11 is 0. The van der Waals surface area contributed by atoms with Crippen LogP contribution in [0.4, 0.5) is 0 Å². The number of piperidine rings is 1. The molecule has 2 heterocycles. The fourth-order valence-corrected chi connectivity index (χ4v) is 5.14. The predicted molar refractivity (Wildman–Crippen MR) is 97.6 cm³/mol. The summed E-state index contributed by atoms with van der Waals surface area (Å²) in [6.07, 6.45) is 6.59. The average molecular weight is 323 g/mol. The van der Waals surface area contributed by atoms with Crippen LogP contribution in [0.15, 0.2) is 0 Å². The number of likely N-dealkylation sites (N-methyl/N-ethyl adjacent to an activating group) is 1. The molecule has 0 aromatic heterocycles. The Labute approximate surface area is 143 Å². The Bertz CT molecular complexity index is 358. The minimum atomic E-state index is 0.430. The third-order valence-electron chi connectivity index (χ3n) is 7.01. The number of hydrogen-bond donors (Lipinski definition) is 1. The van der Waals surface area contributed by atoms with Crippen molar-refractivity contribution in [3.63, 3.8) is 0 Å². The summed E-state index contributed by atoms with van der Waals surface area (Å²) in [5.74, 6) is 1.51. The first kappa shape index (κ1) is 17.7. The van der Waals surface area contributed by atoms with Crippen LogP contribution in [0.3, 0.4) is 0 Å². The van der Waals surface area contributed by atoms with Gasteiger partial charge in [0.2, 0.25) is 0 Å². The van der Waals surface area contributed by atoms with Gasteiger partial charge in [0.15, 0.2) is 0 Å². The van der Waals surface area contributed by atoms with E-state index in [2.05, 4.69) is 35.6 Å². The molecule has 0 amide bonds. The lowest BCUT2D eigenvalue weighted by atomic mass is 9.74. The van der Waals surface area contributed by atoms with Gasteiger partial charge in [0, 0.05) is 44.3 Å². The van der Waals surface area contributed by atoms with Gasteiger partial charge in [-0.3, -0.25) is 9.80 Å². The van der Waals surface area contributed by atoms with Crippen LogP contribution in [0, 0.1) is 11.8 Å². The van der Waals surface area contributed by atoms with E-state index in [0.29, 0.717) is 12.0 Å². The maximum atomic E-state index is 6.34. The third-order valence-corrected chi connectivity index (χ3v) is 7.01. The molecule has 2 unspecified atom stereocenters. The Hall–Kier alpha value is -0.160. The number of nitrogens with zero attached hydrogens (tertiary/aromatic N) is 3. The van der Waals surface area contributed by atoms with Crippen LogP contribution in [0.1, 0.15) is 46.0 Å². The molecule has 0 bridgehead atoms. The van der Waals surface area contributed by atoms with E-state index < -0.39 is 0 Å². The highest BCUT2D eigenvalue weighted by Gasteiger charge is 2.37. The van der Waals surface area contributed by atoms with Gasteiger partial charge in [0.1, 0.15) is 0 Å². The second kappa shape index (κ2) is 7.81. The zero-order valence-corrected chi connectivity index (χ0v) is 15.6. The zero-order valence-electron chi connectivity index (χ0n) is 15.6. The topological polar surface area (TPSA) is 35.7 Å². The van der Waals surface area contributed by atoms with E-state index in [1.807, 2.05) is 0 Å². The van der Waals surface area contributed by atoms with Crippen molar-refractivity contribution in [2.45, 2.75) is 64.1 Å². The second-order valence-corrected chi connectivity index (χ2v) is 8.45. The second-order valence-electron chi connectivity index (χ2n) is 8.45. The molecule has 2 aliphatic heterocycles. The van der Waals surface area contributed by atoms with Crippen LogP contribution in [-0.4, -0.2) is 79.1 Å². The third kappa shape index (κ3) is 4.09. The summed E-state index contributed by atoms with van der Waals surface area (Å²) in [5.41, 5.74) is 6.34. The molecule has 4 nitrogen and oxygen atoms in total. The fourth-order valence-electron chi connectivity index (χ4n) is 5.14. The first-order valence-corrected chi connectivity index (χ1v) is 10.0. The van der Waals surface area contributed by atoms with Gasteiger partial charge in [-0.05, 0) is 57.7 Å². The van der Waals surface area contributed by atoms with Gasteiger partial charge in [-0.15, -0.1) is 0 Å². The van der Waals surface area contributed by atoms with Crippen molar-refractivity contribution in [3.8, 4) is 0 Å². The van der Waals surface area contributed by atoms with Gasteiger partial charge in [-0.2, -0.15) is 0 Å². The van der Waals surface area contributed by atoms with Crippen LogP contribution >= 0.6 is 0 Å². The lowest BCUT2D eigenvalue weighted by Gasteiger charge is -2.48. The van der Waals surface area contributed by atoms with E-state index >= 15 is 0 Å². The van der Waals surface area contributed by atoms with Crippen LogP contribution in [0.2, 0.25) is 0 Å². The number of hydrogen-bond acceptors (Lipinski definition) is 4. The Morgan fingerprint density at radius 2 is 1.57 bits per heavy atom. The summed E-state index contributed by atoms with van der Waals surface area (Å²) in [6.45, 7) is 12.4. The van der Waals surface area contributed by atoms with Crippen LogP contribution < -0.4 is 5.73 Å². The van der Waals surface area contributed by atoms with E-state index in [-0.39, 0.29) is 0 Å². The molecule has 3 fully saturated rings. The van der Waals surface area contributed by atoms with E-state index in [0.717, 1.165) is 18.0 Å². The van der Waals surface area contributed by atoms with Gasteiger partial charge in [-0.1, -0.05) is 20.3 Å². The van der Waals surface area contributed by atoms with Crippen molar-refractivity contribution in [1.82, 2.24) is 14.7 Å². The zero-order chi connectivity index (χ0) is 16.4. The summed E-state index contributed by atoms with van der Waals surface area (Å²) in [7, 11) is 2.25. The first-order valence-electron chi connectivity index (χ1n) is 10.0. The summed E-state index contributed by atoms with van der Waals surface area (Å²) in [5, 5.41) is 0. The summed E-state index contributed by atoms with van der Waals surface area (Å²) in [6, 6.07) is 2.06. The standard InChI is InChI=1S/C19H38N4/c1-4-16-14-18(20)15(2)13-19(16)23-7-5-17(6-8-23)22-11-9-21(3)10-12-22/h15-19H,4-14,20H2,1-3H3/t15?,16-,18?,19+/m0/s1. The highest BCUT2D eigenvalue weighted by Crippen LogP contribution is 2.35. The highest BCUT2D eigenvalue weighted by molar-refractivity contribution is 4.93. The van der Waals surface area contributed by atoms with Crippen molar-refractivity contribution < 1.29 is 0 Å². The summed E-state index contributed by atoms with van der Waals surface area (Å²) in [4.78, 5) is 8.04. The molecule has 0 spiro atoms. The lowest BCUT2D eigenvalue weighted by Crippen LogP contribution is -2.56. The van der Waals surface area contributed by atoms with E-state index in [9.17, 15) is 0 Å². The van der Waals surface area contributed by atoms with Crippen molar-refractivity contribution in [2.24, 2.45) is 17.6 Å². The number of piperazine rings is 1. The van der Waals surface area contributed by atoms with Crippen molar-refractivity contribution in [1.29, 1.82) is 0 Å². The van der Waals surface area contributed by atoms with Gasteiger partial charge in [0.05, 0.1) is 0 Å². The molecule has 3 rings (SSSR count). The Morgan fingerprint density at radius 3 is 2.17 bits per heavy atom. The van der Waals surface area contributed by atoms with Gasteiger partial charge < -0.3 is 10.6 Å². The Morgan fingerprint density at radius 1 is 0.913 bits per heavy atom. The molecule has 2 saturated heterocycles. The monoisotopic (exact) mass is 322 g/mol. The maximum absolute atomic E-state index is 6.34. The highest BCUT2D eigenvalue weighted by atomic mass is 15.3. The van der Waals surface area contributed by atoms with Crippen molar-refractivity contribution >= 4 is 0 Å². The lowest BCUT2D eigenvalue weighted by molar-refractivity contribution is 0.0182. The molecule has 1 aliphatic carbocycles. The molecule has 0 radical (unpaired) electrons. The number of likely N-dealkylation sites (tertiary alicyclic amines) is 1. The molecular weight excluding hydrogens is 284 g/mol. The van der Waals surface area contributed by atoms with Gasteiger partial charge >= 0.3 is 0 Å². The minimum absolute atomic E-state index is 0.430.